The molecule has 0 saturated heterocycles. The van der Waals surface area contributed by atoms with Crippen molar-refractivity contribution in [2.24, 2.45) is 0 Å². The zero-order valence-corrected chi connectivity index (χ0v) is 5.78. The van der Waals surface area contributed by atoms with Crippen LogP contribution < -0.4 is 0 Å². The van der Waals surface area contributed by atoms with Gasteiger partial charge in [0.15, 0.2) is 0 Å². The van der Waals surface area contributed by atoms with Gasteiger partial charge in [-0.25, -0.2) is 10.2 Å². The minimum atomic E-state index is 0.729. The van der Waals surface area contributed by atoms with Gasteiger partial charge in [0.25, 0.3) is 0 Å². The standard InChI is InChI=1S/C7H6O.CHNO/c8-6-7-4-2-1-3-5-7;2-1-3/h1-6H;2H. The first kappa shape index (κ1) is 9.27. The van der Waals surface area contributed by atoms with E-state index in [-0.39, 0.29) is 0 Å². The summed E-state index contributed by atoms with van der Waals surface area (Å²) in [6, 6.07) is 9.10. The first-order valence-electron chi connectivity index (χ1n) is 2.89. The highest BCUT2D eigenvalue weighted by molar-refractivity contribution is 5.74. The summed E-state index contributed by atoms with van der Waals surface area (Å²) in [6.07, 6.45) is 1.58. The molecule has 0 aliphatic heterocycles. The van der Waals surface area contributed by atoms with Crippen LogP contribution in [0.1, 0.15) is 10.4 Å². The molecule has 0 fully saturated rings. The van der Waals surface area contributed by atoms with Crippen molar-refractivity contribution in [3.63, 3.8) is 0 Å². The number of rotatable bonds is 1. The molecule has 0 saturated carbocycles. The number of nitrogens with one attached hydrogen (secondary N) is 1. The summed E-state index contributed by atoms with van der Waals surface area (Å²) in [5, 5.41) is 5.40. The van der Waals surface area contributed by atoms with Crippen LogP contribution in [0.3, 0.4) is 0 Å². The molecular formula is C8H7NO2. The number of aldehydes is 1. The monoisotopic (exact) mass is 149 g/mol. The largest absolute Gasteiger partial charge is 0.298 e. The SMILES string of the molecule is N=C=O.O=Cc1ccccc1. The van der Waals surface area contributed by atoms with Crippen LogP contribution in [-0.2, 0) is 4.79 Å². The molecule has 3 heteroatoms. The van der Waals surface area contributed by atoms with Crippen molar-refractivity contribution in [2.75, 3.05) is 0 Å². The average molecular weight is 149 g/mol. The molecule has 1 aromatic carbocycles. The second-order valence-corrected chi connectivity index (χ2v) is 1.63. The average Bonchev–Trinajstić information content (AvgIpc) is 2.08. The molecule has 0 atom stereocenters. The van der Waals surface area contributed by atoms with Crippen molar-refractivity contribution in [1.29, 1.82) is 5.41 Å². The molecule has 0 aliphatic rings. The van der Waals surface area contributed by atoms with Gasteiger partial charge < -0.3 is 0 Å². The summed E-state index contributed by atoms with van der Waals surface area (Å²) in [4.78, 5) is 18.4. The second-order valence-electron chi connectivity index (χ2n) is 1.63. The van der Waals surface area contributed by atoms with E-state index in [9.17, 15) is 4.79 Å². The fourth-order valence-electron chi connectivity index (χ4n) is 0.532. The molecule has 0 aliphatic carbocycles. The Morgan fingerprint density at radius 2 is 1.73 bits per heavy atom. The predicted octanol–water partition coefficient (Wildman–Crippen LogP) is 1.40. The maximum Gasteiger partial charge on any atom is 0.231 e. The lowest BCUT2D eigenvalue weighted by Crippen LogP contribution is -1.73. The Balaban J connectivity index is 0.000000292. The molecule has 11 heavy (non-hydrogen) atoms. The summed E-state index contributed by atoms with van der Waals surface area (Å²) in [7, 11) is 0. The topological polar surface area (TPSA) is 58.0 Å². The van der Waals surface area contributed by atoms with E-state index in [4.69, 9.17) is 10.2 Å². The zero-order valence-electron chi connectivity index (χ0n) is 5.78. The van der Waals surface area contributed by atoms with Gasteiger partial charge in [0.05, 0.1) is 0 Å². The van der Waals surface area contributed by atoms with E-state index >= 15 is 0 Å². The fraction of sp³-hybridized carbons (Fsp3) is 0. The van der Waals surface area contributed by atoms with Crippen molar-refractivity contribution in [3.05, 3.63) is 35.9 Å². The van der Waals surface area contributed by atoms with E-state index < -0.39 is 0 Å². The van der Waals surface area contributed by atoms with Crippen LogP contribution >= 0.6 is 0 Å². The van der Waals surface area contributed by atoms with Gasteiger partial charge in [0.1, 0.15) is 6.29 Å². The number of isocyanates is 1. The van der Waals surface area contributed by atoms with Gasteiger partial charge in [-0.15, -0.1) is 0 Å². The van der Waals surface area contributed by atoms with Crippen LogP contribution in [0.2, 0.25) is 0 Å². The van der Waals surface area contributed by atoms with E-state index in [0.717, 1.165) is 17.9 Å². The summed E-state index contributed by atoms with van der Waals surface area (Å²) in [5.41, 5.74) is 0.729. The summed E-state index contributed by atoms with van der Waals surface area (Å²) in [6.45, 7) is 0. The molecule has 1 N–H and O–H groups in total. The Kier molecular flexibility index (Phi) is 5.39. The van der Waals surface area contributed by atoms with Gasteiger partial charge in [-0.2, -0.15) is 0 Å². The highest BCUT2D eigenvalue weighted by atomic mass is 16.1. The van der Waals surface area contributed by atoms with Gasteiger partial charge in [-0.1, -0.05) is 30.3 Å². The van der Waals surface area contributed by atoms with Crippen LogP contribution in [-0.4, -0.2) is 12.4 Å². The molecule has 0 spiro atoms. The Morgan fingerprint density at radius 1 is 1.27 bits per heavy atom. The lowest BCUT2D eigenvalue weighted by Gasteiger charge is -1.81. The Hall–Kier alpha value is -1.73. The molecule has 0 unspecified atom stereocenters. The minimum Gasteiger partial charge on any atom is -0.298 e. The highest BCUT2D eigenvalue weighted by Crippen LogP contribution is 1.91. The van der Waals surface area contributed by atoms with E-state index in [0.29, 0.717) is 0 Å². The first-order chi connectivity index (χ1) is 5.35. The van der Waals surface area contributed by atoms with Crippen LogP contribution in [0, 0.1) is 5.41 Å². The maximum absolute atomic E-state index is 10.0. The van der Waals surface area contributed by atoms with Crippen LogP contribution in [0.4, 0.5) is 0 Å². The molecule has 56 valence electrons. The van der Waals surface area contributed by atoms with Gasteiger partial charge in [0, 0.05) is 5.56 Å². The Labute approximate surface area is 64.2 Å². The van der Waals surface area contributed by atoms with Crippen molar-refractivity contribution in [2.45, 2.75) is 0 Å². The molecule has 0 aromatic heterocycles. The van der Waals surface area contributed by atoms with Crippen LogP contribution in [0.15, 0.2) is 30.3 Å². The molecule has 0 amide bonds. The normalized spacial score (nSPS) is 6.91. The van der Waals surface area contributed by atoms with Crippen molar-refractivity contribution in [3.8, 4) is 0 Å². The van der Waals surface area contributed by atoms with Gasteiger partial charge in [0.2, 0.25) is 6.08 Å². The molecule has 3 nitrogen and oxygen atoms in total. The molecule has 1 rings (SSSR count). The summed E-state index contributed by atoms with van der Waals surface area (Å²) < 4.78 is 0. The fourth-order valence-corrected chi connectivity index (χ4v) is 0.532. The van der Waals surface area contributed by atoms with Crippen molar-refractivity contribution >= 4 is 12.4 Å². The smallest absolute Gasteiger partial charge is 0.231 e. The zero-order chi connectivity index (χ0) is 8.53. The molecular weight excluding hydrogens is 142 g/mol. The van der Waals surface area contributed by atoms with Crippen molar-refractivity contribution in [1.82, 2.24) is 0 Å². The Morgan fingerprint density at radius 3 is 2.00 bits per heavy atom. The second kappa shape index (κ2) is 6.39. The lowest BCUT2D eigenvalue weighted by atomic mass is 10.2. The molecule has 1 aromatic rings. The van der Waals surface area contributed by atoms with Crippen molar-refractivity contribution < 1.29 is 9.59 Å². The third-order valence-electron chi connectivity index (χ3n) is 0.936. The number of carbonyl (C=O) groups excluding carboxylic acids is 2. The summed E-state index contributed by atoms with van der Waals surface area (Å²) in [5.74, 6) is 0. The third kappa shape index (κ3) is 4.75. The van der Waals surface area contributed by atoms with Gasteiger partial charge >= 0.3 is 0 Å². The van der Waals surface area contributed by atoms with E-state index in [2.05, 4.69) is 0 Å². The predicted molar refractivity (Wildman–Crippen MR) is 40.2 cm³/mol. The number of hydrogen-bond acceptors (Lipinski definition) is 3. The minimum absolute atomic E-state index is 0.729. The maximum atomic E-state index is 10.0. The molecule has 0 bridgehead atoms. The Bertz CT molecular complexity index is 238. The quantitative estimate of drug-likeness (QED) is 0.372. The first-order valence-corrected chi connectivity index (χ1v) is 2.89. The number of hydrogen-bond donors (Lipinski definition) is 1. The van der Waals surface area contributed by atoms with Gasteiger partial charge in [-0.3, -0.25) is 4.79 Å². The van der Waals surface area contributed by atoms with E-state index in [1.54, 1.807) is 12.1 Å². The number of benzene rings is 1. The highest BCUT2D eigenvalue weighted by Gasteiger charge is 1.79. The molecule has 0 radical (unpaired) electrons. The molecule has 0 heterocycles. The van der Waals surface area contributed by atoms with Crippen LogP contribution in [0.5, 0.6) is 0 Å². The third-order valence-corrected chi connectivity index (χ3v) is 0.936. The number of carbonyl (C=O) groups is 1. The summed E-state index contributed by atoms with van der Waals surface area (Å²) >= 11 is 0. The van der Waals surface area contributed by atoms with Gasteiger partial charge in [-0.05, 0) is 0 Å². The van der Waals surface area contributed by atoms with E-state index in [1.165, 1.54) is 0 Å². The van der Waals surface area contributed by atoms with Crippen LogP contribution in [0.25, 0.3) is 0 Å². The lowest BCUT2D eigenvalue weighted by molar-refractivity contribution is 0.112. The van der Waals surface area contributed by atoms with E-state index in [1.807, 2.05) is 18.2 Å².